The van der Waals surface area contributed by atoms with Crippen molar-refractivity contribution in [2.24, 2.45) is 0 Å². The largest absolute Gasteiger partial charge is 0.372 e. The van der Waals surface area contributed by atoms with Crippen LogP contribution >= 0.6 is 34.2 Å². The second-order valence-corrected chi connectivity index (χ2v) is 5.94. The van der Waals surface area contributed by atoms with Crippen molar-refractivity contribution in [3.05, 3.63) is 32.6 Å². The topological polar surface area (TPSA) is 50.7 Å². The van der Waals surface area contributed by atoms with E-state index in [-0.39, 0.29) is 0 Å². The maximum absolute atomic E-state index is 6.18. The van der Waals surface area contributed by atoms with Crippen LogP contribution in [0, 0.1) is 3.57 Å². The third kappa shape index (κ3) is 2.53. The zero-order valence-corrected chi connectivity index (χ0v) is 13.2. The zero-order chi connectivity index (χ0) is 13.4. The third-order valence-corrected chi connectivity index (χ3v) is 4.42. The number of halogens is 2. The molecule has 2 heterocycles. The molecule has 0 saturated heterocycles. The third-order valence-electron chi connectivity index (χ3n) is 3.05. The summed E-state index contributed by atoms with van der Waals surface area (Å²) < 4.78 is 1.10. The summed E-state index contributed by atoms with van der Waals surface area (Å²) in [4.78, 5) is 13.5. The van der Waals surface area contributed by atoms with Gasteiger partial charge in [0, 0.05) is 19.2 Å². The van der Waals surface area contributed by atoms with E-state index in [0.29, 0.717) is 22.5 Å². The molecule has 0 aromatic carbocycles. The van der Waals surface area contributed by atoms with Crippen LogP contribution < -0.4 is 5.32 Å². The number of hydrogen-bond acceptors (Lipinski definition) is 4. The summed E-state index contributed by atoms with van der Waals surface area (Å²) in [5.74, 6) is 2.00. The number of aromatic nitrogens is 3. The van der Waals surface area contributed by atoms with Gasteiger partial charge in [-0.25, -0.2) is 9.97 Å². The average Bonchev–Trinajstić information content (AvgIpc) is 3.24. The first-order chi connectivity index (χ1) is 9.20. The molecule has 1 fully saturated rings. The van der Waals surface area contributed by atoms with Crippen molar-refractivity contribution >= 4 is 40.0 Å². The van der Waals surface area contributed by atoms with Gasteiger partial charge in [-0.2, -0.15) is 0 Å². The fourth-order valence-corrected chi connectivity index (χ4v) is 3.07. The maximum atomic E-state index is 6.18. The minimum atomic E-state index is 0.559. The number of nitrogens with one attached hydrogen (secondary N) is 1. The summed E-state index contributed by atoms with van der Waals surface area (Å²) in [7, 11) is 1.87. The Labute approximate surface area is 130 Å². The molecule has 6 heteroatoms. The summed E-state index contributed by atoms with van der Waals surface area (Å²) >= 11 is 8.48. The molecular weight excluding hydrogens is 375 g/mol. The van der Waals surface area contributed by atoms with E-state index in [1.165, 1.54) is 12.8 Å². The van der Waals surface area contributed by atoms with E-state index in [4.69, 9.17) is 11.6 Å². The second kappa shape index (κ2) is 5.20. The lowest BCUT2D eigenvalue weighted by atomic mass is 10.2. The van der Waals surface area contributed by atoms with Crippen LogP contribution in [0.25, 0.3) is 11.5 Å². The summed E-state index contributed by atoms with van der Waals surface area (Å²) in [5, 5.41) is 3.69. The molecule has 0 spiro atoms. The molecule has 0 unspecified atom stereocenters. The van der Waals surface area contributed by atoms with Gasteiger partial charge >= 0.3 is 0 Å². The van der Waals surface area contributed by atoms with Crippen LogP contribution in [0.2, 0.25) is 5.02 Å². The Balaban J connectivity index is 2.16. The van der Waals surface area contributed by atoms with Gasteiger partial charge in [0.2, 0.25) is 0 Å². The lowest BCUT2D eigenvalue weighted by Gasteiger charge is -2.10. The Morgan fingerprint density at radius 3 is 2.79 bits per heavy atom. The lowest BCUT2D eigenvalue weighted by molar-refractivity contribution is 0.973. The van der Waals surface area contributed by atoms with E-state index in [9.17, 15) is 0 Å². The molecule has 4 nitrogen and oxygen atoms in total. The smallest absolute Gasteiger partial charge is 0.182 e. The molecule has 0 amide bonds. The molecule has 1 saturated carbocycles. The van der Waals surface area contributed by atoms with E-state index < -0.39 is 0 Å². The van der Waals surface area contributed by atoms with E-state index in [1.807, 2.05) is 7.05 Å². The fraction of sp³-hybridized carbons (Fsp3) is 0.308. The average molecular weight is 387 g/mol. The van der Waals surface area contributed by atoms with E-state index in [2.05, 4.69) is 42.9 Å². The predicted molar refractivity (Wildman–Crippen MR) is 84.5 cm³/mol. The van der Waals surface area contributed by atoms with Gasteiger partial charge in [-0.15, -0.1) is 0 Å². The molecule has 0 aliphatic heterocycles. The van der Waals surface area contributed by atoms with E-state index >= 15 is 0 Å². The van der Waals surface area contributed by atoms with Crippen LogP contribution in [-0.2, 0) is 0 Å². The minimum Gasteiger partial charge on any atom is -0.372 e. The molecule has 1 aliphatic rings. The highest BCUT2D eigenvalue weighted by Gasteiger charge is 2.29. The van der Waals surface area contributed by atoms with Crippen molar-refractivity contribution in [3.63, 3.8) is 0 Å². The normalized spacial score (nSPS) is 14.5. The summed E-state index contributed by atoms with van der Waals surface area (Å²) in [6.45, 7) is 0. The molecule has 98 valence electrons. The van der Waals surface area contributed by atoms with Crippen LogP contribution in [-0.4, -0.2) is 22.0 Å². The molecule has 1 N–H and O–H groups in total. The number of rotatable bonds is 3. The molecule has 2 aromatic heterocycles. The van der Waals surface area contributed by atoms with Crippen LogP contribution in [0.3, 0.4) is 0 Å². The van der Waals surface area contributed by atoms with Gasteiger partial charge in [-0.05, 0) is 47.6 Å². The van der Waals surface area contributed by atoms with Gasteiger partial charge in [-0.3, -0.25) is 4.98 Å². The first-order valence-electron chi connectivity index (χ1n) is 6.06. The first kappa shape index (κ1) is 13.1. The predicted octanol–water partition coefficient (Wildman–Crippen LogP) is 3.72. The van der Waals surface area contributed by atoms with Crippen molar-refractivity contribution in [2.45, 2.75) is 18.8 Å². The van der Waals surface area contributed by atoms with Gasteiger partial charge in [0.25, 0.3) is 0 Å². The Morgan fingerprint density at radius 2 is 2.16 bits per heavy atom. The fourth-order valence-electron chi connectivity index (χ4n) is 1.91. The molecule has 0 atom stereocenters. The zero-order valence-electron chi connectivity index (χ0n) is 10.3. The summed E-state index contributed by atoms with van der Waals surface area (Å²) in [5.41, 5.74) is 1.75. The molecule has 1 aliphatic carbocycles. The summed E-state index contributed by atoms with van der Waals surface area (Å²) in [6, 6.07) is 3.61. The molecule has 2 aromatic rings. The molecule has 0 bridgehead atoms. The van der Waals surface area contributed by atoms with Crippen molar-refractivity contribution < 1.29 is 0 Å². The van der Waals surface area contributed by atoms with Crippen molar-refractivity contribution in [3.8, 4) is 11.5 Å². The Kier molecular flexibility index (Phi) is 3.58. The Hall–Kier alpha value is -0.950. The molecule has 3 rings (SSSR count). The number of nitrogens with zero attached hydrogens (tertiary/aromatic N) is 3. The van der Waals surface area contributed by atoms with Crippen molar-refractivity contribution in [2.75, 3.05) is 12.4 Å². The van der Waals surface area contributed by atoms with Crippen molar-refractivity contribution in [1.29, 1.82) is 0 Å². The standard InChI is InChI=1S/C13H12ClIN4/c1-16-12-9(15)10(7-4-5-7)18-13(19-12)11-8(14)3-2-6-17-11/h2-3,6-7H,4-5H2,1H3,(H,16,18,19). The lowest BCUT2D eigenvalue weighted by Crippen LogP contribution is -2.05. The van der Waals surface area contributed by atoms with Crippen LogP contribution in [0.1, 0.15) is 24.5 Å². The van der Waals surface area contributed by atoms with E-state index in [1.54, 1.807) is 18.3 Å². The number of hydrogen-bond donors (Lipinski definition) is 1. The van der Waals surface area contributed by atoms with E-state index in [0.717, 1.165) is 15.1 Å². The minimum absolute atomic E-state index is 0.559. The van der Waals surface area contributed by atoms with Crippen LogP contribution in [0.4, 0.5) is 5.82 Å². The van der Waals surface area contributed by atoms with Gasteiger partial charge < -0.3 is 5.32 Å². The Bertz CT molecular complexity index is 628. The van der Waals surface area contributed by atoms with Crippen LogP contribution in [0.15, 0.2) is 18.3 Å². The van der Waals surface area contributed by atoms with Gasteiger partial charge in [0.05, 0.1) is 14.3 Å². The SMILES string of the molecule is CNc1nc(-c2ncccc2Cl)nc(C2CC2)c1I. The maximum Gasteiger partial charge on any atom is 0.182 e. The molecular formula is C13H12ClIN4. The highest BCUT2D eigenvalue weighted by atomic mass is 127. The number of pyridine rings is 1. The molecule has 0 radical (unpaired) electrons. The van der Waals surface area contributed by atoms with Gasteiger partial charge in [-0.1, -0.05) is 11.6 Å². The Morgan fingerprint density at radius 1 is 1.37 bits per heavy atom. The highest BCUT2D eigenvalue weighted by Crippen LogP contribution is 2.43. The first-order valence-corrected chi connectivity index (χ1v) is 7.52. The quantitative estimate of drug-likeness (QED) is 0.817. The highest BCUT2D eigenvalue weighted by molar-refractivity contribution is 14.1. The second-order valence-electron chi connectivity index (χ2n) is 4.45. The molecule has 19 heavy (non-hydrogen) atoms. The van der Waals surface area contributed by atoms with Crippen molar-refractivity contribution in [1.82, 2.24) is 15.0 Å². The number of anilines is 1. The van der Waals surface area contributed by atoms with Crippen LogP contribution in [0.5, 0.6) is 0 Å². The van der Waals surface area contributed by atoms with Gasteiger partial charge in [0.15, 0.2) is 5.82 Å². The van der Waals surface area contributed by atoms with Gasteiger partial charge in [0.1, 0.15) is 11.5 Å². The summed E-state index contributed by atoms with van der Waals surface area (Å²) in [6.07, 6.45) is 4.11. The monoisotopic (exact) mass is 386 g/mol.